The smallest absolute Gasteiger partial charge is 0.136 e. The molecule has 2 aromatic rings. The van der Waals surface area contributed by atoms with E-state index in [4.69, 9.17) is 15.1 Å². The fraction of sp³-hybridized carbons (Fsp3) is 0.429. The van der Waals surface area contributed by atoms with Gasteiger partial charge in [-0.1, -0.05) is 0 Å². The molecule has 1 aliphatic rings. The first-order chi connectivity index (χ1) is 9.29. The third-order valence-electron chi connectivity index (χ3n) is 3.27. The van der Waals surface area contributed by atoms with E-state index in [0.29, 0.717) is 0 Å². The number of aromatic nitrogens is 2. The standard InChI is InChI=1S/C14H17N3OS/c1-9-3-4-10-12(16-9)11-5-8-19-14(11)17-13(10)15-6-2-7-18/h3-4,18H,2,5-8H2,1H3,(H,15,17). The zero-order chi connectivity index (χ0) is 13.2. The molecule has 2 N–H and O–H groups in total. The van der Waals surface area contributed by atoms with E-state index in [1.165, 1.54) is 5.56 Å². The van der Waals surface area contributed by atoms with E-state index in [1.54, 1.807) is 11.8 Å². The maximum absolute atomic E-state index is 8.87. The number of aliphatic hydroxyl groups is 1. The van der Waals surface area contributed by atoms with Crippen LogP contribution in [0.1, 0.15) is 17.7 Å². The Kier molecular flexibility index (Phi) is 3.57. The number of pyridine rings is 2. The lowest BCUT2D eigenvalue weighted by atomic mass is 10.1. The molecule has 19 heavy (non-hydrogen) atoms. The Bertz CT molecular complexity index is 615. The van der Waals surface area contributed by atoms with Gasteiger partial charge in [-0.3, -0.25) is 4.98 Å². The van der Waals surface area contributed by atoms with Gasteiger partial charge in [0, 0.05) is 35.5 Å². The zero-order valence-corrected chi connectivity index (χ0v) is 11.8. The average Bonchev–Trinajstić information content (AvgIpc) is 2.87. The largest absolute Gasteiger partial charge is 0.396 e. The molecule has 0 bridgehead atoms. The zero-order valence-electron chi connectivity index (χ0n) is 10.9. The number of rotatable bonds is 4. The van der Waals surface area contributed by atoms with Gasteiger partial charge in [-0.2, -0.15) is 0 Å². The van der Waals surface area contributed by atoms with Crippen molar-refractivity contribution >= 4 is 28.5 Å². The predicted octanol–water partition coefficient (Wildman–Crippen LogP) is 2.38. The van der Waals surface area contributed by atoms with Crippen molar-refractivity contribution in [2.24, 2.45) is 0 Å². The highest BCUT2D eigenvalue weighted by Gasteiger charge is 2.20. The van der Waals surface area contributed by atoms with E-state index < -0.39 is 0 Å². The summed E-state index contributed by atoms with van der Waals surface area (Å²) >= 11 is 1.80. The minimum absolute atomic E-state index is 0.196. The van der Waals surface area contributed by atoms with E-state index in [2.05, 4.69) is 11.4 Å². The van der Waals surface area contributed by atoms with Gasteiger partial charge >= 0.3 is 0 Å². The van der Waals surface area contributed by atoms with Crippen LogP contribution < -0.4 is 5.32 Å². The van der Waals surface area contributed by atoms with Crippen molar-refractivity contribution in [3.63, 3.8) is 0 Å². The van der Waals surface area contributed by atoms with E-state index in [-0.39, 0.29) is 6.61 Å². The number of nitrogens with zero attached hydrogens (tertiary/aromatic N) is 2. The summed E-state index contributed by atoms with van der Waals surface area (Å²) in [6.07, 6.45) is 1.78. The molecule has 0 spiro atoms. The number of thioether (sulfide) groups is 1. The number of hydrogen-bond acceptors (Lipinski definition) is 5. The third kappa shape index (κ3) is 2.40. The molecule has 0 saturated heterocycles. The van der Waals surface area contributed by atoms with Crippen molar-refractivity contribution in [1.82, 2.24) is 9.97 Å². The summed E-state index contributed by atoms with van der Waals surface area (Å²) in [6.45, 7) is 2.95. The normalized spacial score (nSPS) is 13.8. The van der Waals surface area contributed by atoms with Crippen LogP contribution in [0.3, 0.4) is 0 Å². The Morgan fingerprint density at radius 1 is 1.37 bits per heavy atom. The molecule has 0 fully saturated rings. The molecule has 0 amide bonds. The first-order valence-electron chi connectivity index (χ1n) is 6.57. The van der Waals surface area contributed by atoms with Crippen LogP contribution >= 0.6 is 11.8 Å². The second-order valence-corrected chi connectivity index (χ2v) is 5.78. The number of anilines is 1. The molecule has 3 rings (SSSR count). The van der Waals surface area contributed by atoms with Crippen molar-refractivity contribution in [2.45, 2.75) is 24.8 Å². The summed E-state index contributed by atoms with van der Waals surface area (Å²) in [7, 11) is 0. The number of aliphatic hydroxyl groups excluding tert-OH is 1. The van der Waals surface area contributed by atoms with E-state index in [0.717, 1.165) is 52.6 Å². The highest BCUT2D eigenvalue weighted by molar-refractivity contribution is 7.99. The molecule has 0 aliphatic carbocycles. The molecule has 100 valence electrons. The van der Waals surface area contributed by atoms with Crippen LogP contribution in [0.4, 0.5) is 5.82 Å². The van der Waals surface area contributed by atoms with Gasteiger partial charge in [0.05, 0.1) is 5.52 Å². The molecule has 0 saturated carbocycles. The lowest BCUT2D eigenvalue weighted by molar-refractivity contribution is 0.292. The molecule has 0 aromatic carbocycles. The van der Waals surface area contributed by atoms with Gasteiger partial charge < -0.3 is 10.4 Å². The van der Waals surface area contributed by atoms with Crippen LogP contribution in [0.2, 0.25) is 0 Å². The van der Waals surface area contributed by atoms with E-state index in [9.17, 15) is 0 Å². The van der Waals surface area contributed by atoms with Gasteiger partial charge in [0.25, 0.3) is 0 Å². The van der Waals surface area contributed by atoms with Crippen LogP contribution in [0, 0.1) is 6.92 Å². The molecule has 3 heterocycles. The number of nitrogens with one attached hydrogen (secondary N) is 1. The third-order valence-corrected chi connectivity index (χ3v) is 4.28. The Balaban J connectivity index is 2.09. The Morgan fingerprint density at radius 3 is 3.11 bits per heavy atom. The van der Waals surface area contributed by atoms with Gasteiger partial charge in [0.2, 0.25) is 0 Å². The van der Waals surface area contributed by atoms with Crippen LogP contribution in [0.25, 0.3) is 10.9 Å². The monoisotopic (exact) mass is 275 g/mol. The highest BCUT2D eigenvalue weighted by atomic mass is 32.2. The van der Waals surface area contributed by atoms with Gasteiger partial charge in [-0.05, 0) is 31.9 Å². The van der Waals surface area contributed by atoms with E-state index in [1.807, 2.05) is 13.0 Å². The van der Waals surface area contributed by atoms with Crippen LogP contribution in [-0.2, 0) is 6.42 Å². The number of fused-ring (bicyclic) bond motifs is 3. The molecule has 5 heteroatoms. The topological polar surface area (TPSA) is 58.0 Å². The SMILES string of the molecule is Cc1ccc2c(NCCCO)nc3c(c2n1)CCS3. The summed E-state index contributed by atoms with van der Waals surface area (Å²) in [5.74, 6) is 1.98. The molecule has 0 atom stereocenters. The van der Waals surface area contributed by atoms with Crippen LogP contribution in [-0.4, -0.2) is 34.0 Å². The van der Waals surface area contributed by atoms with Gasteiger partial charge in [-0.15, -0.1) is 11.8 Å². The summed E-state index contributed by atoms with van der Waals surface area (Å²) in [5, 5.41) is 14.4. The second-order valence-electron chi connectivity index (χ2n) is 4.70. The van der Waals surface area contributed by atoms with Gasteiger partial charge in [0.1, 0.15) is 10.8 Å². The van der Waals surface area contributed by atoms with Crippen molar-refractivity contribution in [3.8, 4) is 0 Å². The summed E-state index contributed by atoms with van der Waals surface area (Å²) in [5.41, 5.74) is 3.41. The lowest BCUT2D eigenvalue weighted by Gasteiger charge is -2.11. The fourth-order valence-corrected chi connectivity index (χ4v) is 3.35. The number of hydrogen-bond donors (Lipinski definition) is 2. The fourth-order valence-electron chi connectivity index (χ4n) is 2.32. The molecule has 0 radical (unpaired) electrons. The molecular formula is C14H17N3OS. The Morgan fingerprint density at radius 2 is 2.26 bits per heavy atom. The summed E-state index contributed by atoms with van der Waals surface area (Å²) in [4.78, 5) is 9.41. The first kappa shape index (κ1) is 12.7. The van der Waals surface area contributed by atoms with Crippen molar-refractivity contribution < 1.29 is 5.11 Å². The van der Waals surface area contributed by atoms with Gasteiger partial charge in [0.15, 0.2) is 0 Å². The minimum Gasteiger partial charge on any atom is -0.396 e. The molecule has 2 aromatic heterocycles. The molecule has 0 unspecified atom stereocenters. The molecule has 1 aliphatic heterocycles. The number of aryl methyl sites for hydroxylation is 2. The predicted molar refractivity (Wildman–Crippen MR) is 78.9 cm³/mol. The van der Waals surface area contributed by atoms with Crippen molar-refractivity contribution in [2.75, 3.05) is 24.2 Å². The minimum atomic E-state index is 0.196. The van der Waals surface area contributed by atoms with Crippen molar-refractivity contribution in [3.05, 3.63) is 23.4 Å². The highest BCUT2D eigenvalue weighted by Crippen LogP contribution is 2.36. The second kappa shape index (κ2) is 5.35. The Labute approximate surface area is 116 Å². The lowest BCUT2D eigenvalue weighted by Crippen LogP contribution is -2.07. The molecular weight excluding hydrogens is 258 g/mol. The van der Waals surface area contributed by atoms with Crippen molar-refractivity contribution in [1.29, 1.82) is 0 Å². The Hall–Kier alpha value is -1.33. The van der Waals surface area contributed by atoms with Gasteiger partial charge in [-0.25, -0.2) is 4.98 Å². The van der Waals surface area contributed by atoms with E-state index >= 15 is 0 Å². The molecule has 4 nitrogen and oxygen atoms in total. The van der Waals surface area contributed by atoms with Crippen LogP contribution in [0.5, 0.6) is 0 Å². The summed E-state index contributed by atoms with van der Waals surface area (Å²) < 4.78 is 0. The quantitative estimate of drug-likeness (QED) is 0.839. The van der Waals surface area contributed by atoms with Crippen LogP contribution in [0.15, 0.2) is 17.2 Å². The first-order valence-corrected chi connectivity index (χ1v) is 7.56. The average molecular weight is 275 g/mol. The maximum Gasteiger partial charge on any atom is 0.136 e. The summed E-state index contributed by atoms with van der Waals surface area (Å²) in [6, 6.07) is 4.12. The maximum atomic E-state index is 8.87.